The van der Waals surface area contributed by atoms with E-state index in [1.54, 1.807) is 7.11 Å². The molecule has 0 radical (unpaired) electrons. The fourth-order valence-corrected chi connectivity index (χ4v) is 5.22. The molecule has 1 saturated heterocycles. The summed E-state index contributed by atoms with van der Waals surface area (Å²) in [6, 6.07) is 14.9. The third-order valence-electron chi connectivity index (χ3n) is 6.48. The lowest BCUT2D eigenvalue weighted by Gasteiger charge is -2.41. The van der Waals surface area contributed by atoms with E-state index in [9.17, 15) is 0 Å². The summed E-state index contributed by atoms with van der Waals surface area (Å²) in [5, 5.41) is 0. The lowest BCUT2D eigenvalue weighted by Crippen LogP contribution is -2.39. The van der Waals surface area contributed by atoms with Crippen molar-refractivity contribution in [1.82, 2.24) is 0 Å². The third kappa shape index (κ3) is 3.69. The molecule has 0 aromatic heterocycles. The van der Waals surface area contributed by atoms with Crippen LogP contribution in [0.1, 0.15) is 34.6 Å². The second-order valence-electron chi connectivity index (χ2n) is 7.99. The minimum Gasteiger partial charge on any atom is -0.496 e. The maximum atomic E-state index is 6.38. The first-order chi connectivity index (χ1) is 13.7. The number of rotatable bonds is 6. The van der Waals surface area contributed by atoms with Gasteiger partial charge in [0.15, 0.2) is 6.29 Å². The number of aryl methyl sites for hydroxylation is 1. The van der Waals surface area contributed by atoms with Gasteiger partial charge in [-0.1, -0.05) is 36.4 Å². The van der Waals surface area contributed by atoms with E-state index in [4.69, 9.17) is 19.9 Å². The molecular formula is C24H31NO3. The predicted molar refractivity (Wildman–Crippen MR) is 111 cm³/mol. The van der Waals surface area contributed by atoms with Crippen LogP contribution in [0, 0.1) is 18.8 Å². The van der Waals surface area contributed by atoms with Crippen LogP contribution in [0.3, 0.4) is 0 Å². The van der Waals surface area contributed by atoms with Crippen molar-refractivity contribution >= 4 is 0 Å². The van der Waals surface area contributed by atoms with Gasteiger partial charge in [0.1, 0.15) is 5.75 Å². The minimum absolute atomic E-state index is 0.147. The monoisotopic (exact) mass is 381 g/mol. The summed E-state index contributed by atoms with van der Waals surface area (Å²) >= 11 is 0. The van der Waals surface area contributed by atoms with Gasteiger partial charge in [-0.05, 0) is 67.0 Å². The first kappa shape index (κ1) is 19.4. The number of fused-ring (bicyclic) bond motifs is 1. The number of hydrogen-bond acceptors (Lipinski definition) is 4. The fourth-order valence-electron chi connectivity index (χ4n) is 5.22. The van der Waals surface area contributed by atoms with Crippen molar-refractivity contribution in [3.63, 3.8) is 0 Å². The Morgan fingerprint density at radius 2 is 1.86 bits per heavy atom. The molecule has 2 aliphatic rings. The molecule has 2 aromatic rings. The Balaban J connectivity index is 1.70. The molecule has 4 heteroatoms. The molecule has 4 nitrogen and oxygen atoms in total. The van der Waals surface area contributed by atoms with Gasteiger partial charge >= 0.3 is 0 Å². The molecule has 1 fully saturated rings. The Bertz CT molecular complexity index is 786. The van der Waals surface area contributed by atoms with Crippen molar-refractivity contribution in [2.24, 2.45) is 17.6 Å². The molecule has 0 amide bonds. The molecule has 4 rings (SSSR count). The first-order valence-corrected chi connectivity index (χ1v) is 10.4. The van der Waals surface area contributed by atoms with Crippen LogP contribution in [0.25, 0.3) is 0 Å². The Morgan fingerprint density at radius 1 is 1.11 bits per heavy atom. The van der Waals surface area contributed by atoms with Gasteiger partial charge in [0.25, 0.3) is 0 Å². The zero-order chi connectivity index (χ0) is 19.5. The molecule has 0 saturated carbocycles. The van der Waals surface area contributed by atoms with Crippen LogP contribution in [0.15, 0.2) is 42.5 Å². The summed E-state index contributed by atoms with van der Waals surface area (Å²) in [5.41, 5.74) is 11.7. The lowest BCUT2D eigenvalue weighted by molar-refractivity contribution is -0.104. The van der Waals surface area contributed by atoms with Crippen LogP contribution in [0.2, 0.25) is 0 Å². The Labute approximate surface area is 168 Å². The van der Waals surface area contributed by atoms with Crippen LogP contribution in [0.5, 0.6) is 5.75 Å². The van der Waals surface area contributed by atoms with E-state index in [0.717, 1.165) is 25.0 Å². The van der Waals surface area contributed by atoms with Crippen molar-refractivity contribution in [2.75, 3.05) is 26.9 Å². The van der Waals surface area contributed by atoms with E-state index in [2.05, 4.69) is 49.4 Å². The molecule has 1 aliphatic carbocycles. The minimum atomic E-state index is -0.147. The molecule has 0 spiro atoms. The smallest absolute Gasteiger partial charge is 0.161 e. The maximum Gasteiger partial charge on any atom is 0.161 e. The Kier molecular flexibility index (Phi) is 6.00. The van der Waals surface area contributed by atoms with Crippen LogP contribution in [0.4, 0.5) is 0 Å². The largest absolute Gasteiger partial charge is 0.496 e. The van der Waals surface area contributed by atoms with Crippen molar-refractivity contribution in [3.8, 4) is 5.75 Å². The molecule has 1 heterocycles. The molecule has 1 aliphatic heterocycles. The summed E-state index contributed by atoms with van der Waals surface area (Å²) in [5.74, 6) is 2.00. The van der Waals surface area contributed by atoms with Crippen molar-refractivity contribution in [1.29, 1.82) is 0 Å². The highest BCUT2D eigenvalue weighted by Crippen LogP contribution is 2.46. The summed E-state index contributed by atoms with van der Waals surface area (Å²) in [6.07, 6.45) is 2.89. The summed E-state index contributed by atoms with van der Waals surface area (Å²) in [6.45, 7) is 4.18. The molecule has 3 unspecified atom stereocenters. The Morgan fingerprint density at radius 3 is 2.54 bits per heavy atom. The number of methoxy groups -OCH3 is 1. The van der Waals surface area contributed by atoms with Crippen LogP contribution in [-0.4, -0.2) is 33.2 Å². The Hall–Kier alpha value is -1.88. The number of benzene rings is 2. The fraction of sp³-hybridized carbons (Fsp3) is 0.500. The van der Waals surface area contributed by atoms with Crippen molar-refractivity contribution < 1.29 is 14.2 Å². The highest BCUT2D eigenvalue weighted by atomic mass is 16.7. The molecule has 3 atom stereocenters. The van der Waals surface area contributed by atoms with Crippen LogP contribution >= 0.6 is 0 Å². The van der Waals surface area contributed by atoms with Crippen molar-refractivity contribution in [2.45, 2.75) is 38.4 Å². The molecule has 150 valence electrons. The standard InChI is InChI=1S/C24H31NO3/c1-16-8-11-22(26-2)19-10-9-18(21(15-25)23(16)19)20(24-27-12-13-28-24)14-17-6-4-3-5-7-17/h3-8,11,18,20-21,24H,9-10,12-15,25H2,1-2H3. The van der Waals surface area contributed by atoms with E-state index in [1.807, 2.05) is 0 Å². The average molecular weight is 382 g/mol. The van der Waals surface area contributed by atoms with Crippen LogP contribution < -0.4 is 10.5 Å². The lowest BCUT2D eigenvalue weighted by atomic mass is 9.67. The number of hydrogen-bond donors (Lipinski definition) is 1. The predicted octanol–water partition coefficient (Wildman–Crippen LogP) is 3.84. The van der Waals surface area contributed by atoms with Crippen molar-refractivity contribution in [3.05, 3.63) is 64.7 Å². The highest BCUT2D eigenvalue weighted by Gasteiger charge is 2.41. The maximum absolute atomic E-state index is 6.38. The van der Waals surface area contributed by atoms with Gasteiger partial charge in [0, 0.05) is 11.8 Å². The SMILES string of the molecule is COc1ccc(C)c2c1CCC(C(Cc1ccccc1)C1OCCO1)C2CN. The number of ether oxygens (including phenoxy) is 3. The zero-order valence-corrected chi connectivity index (χ0v) is 16.9. The van der Waals surface area contributed by atoms with E-state index in [0.29, 0.717) is 31.6 Å². The normalized spacial score (nSPS) is 23.4. The summed E-state index contributed by atoms with van der Waals surface area (Å²) in [7, 11) is 1.76. The van der Waals surface area contributed by atoms with E-state index >= 15 is 0 Å². The van der Waals surface area contributed by atoms with Gasteiger partial charge in [-0.3, -0.25) is 0 Å². The molecule has 2 aromatic carbocycles. The van der Waals surface area contributed by atoms with Gasteiger partial charge in [0.05, 0.1) is 20.3 Å². The van der Waals surface area contributed by atoms with Gasteiger partial charge in [-0.2, -0.15) is 0 Å². The average Bonchev–Trinajstić information content (AvgIpc) is 3.27. The number of nitrogens with two attached hydrogens (primary N) is 1. The zero-order valence-electron chi connectivity index (χ0n) is 16.9. The molecule has 28 heavy (non-hydrogen) atoms. The first-order valence-electron chi connectivity index (χ1n) is 10.4. The summed E-state index contributed by atoms with van der Waals surface area (Å²) < 4.78 is 17.7. The van der Waals surface area contributed by atoms with Gasteiger partial charge < -0.3 is 19.9 Å². The van der Waals surface area contributed by atoms with Crippen LogP contribution in [-0.2, 0) is 22.3 Å². The third-order valence-corrected chi connectivity index (χ3v) is 6.48. The van der Waals surface area contributed by atoms with E-state index in [-0.39, 0.29) is 12.2 Å². The topological polar surface area (TPSA) is 53.7 Å². The summed E-state index contributed by atoms with van der Waals surface area (Å²) in [4.78, 5) is 0. The quantitative estimate of drug-likeness (QED) is 0.826. The van der Waals surface area contributed by atoms with Gasteiger partial charge in [0.2, 0.25) is 0 Å². The van der Waals surface area contributed by atoms with Gasteiger partial charge in [-0.25, -0.2) is 0 Å². The highest BCUT2D eigenvalue weighted by molar-refractivity contribution is 5.48. The second-order valence-corrected chi connectivity index (χ2v) is 7.99. The van der Waals surface area contributed by atoms with E-state index < -0.39 is 0 Å². The second kappa shape index (κ2) is 8.64. The van der Waals surface area contributed by atoms with Gasteiger partial charge in [-0.15, -0.1) is 0 Å². The molecule has 2 N–H and O–H groups in total. The molecular weight excluding hydrogens is 350 g/mol. The van der Waals surface area contributed by atoms with E-state index in [1.165, 1.54) is 22.3 Å². The molecule has 0 bridgehead atoms.